The predicted molar refractivity (Wildman–Crippen MR) is 114 cm³/mol. The molecule has 1 aromatic carbocycles. The average Bonchev–Trinajstić information content (AvgIpc) is 3.11. The van der Waals surface area contributed by atoms with Gasteiger partial charge in [-0.05, 0) is 44.0 Å². The van der Waals surface area contributed by atoms with Crippen molar-refractivity contribution in [1.82, 2.24) is 24.6 Å². The lowest BCUT2D eigenvalue weighted by molar-refractivity contribution is 0.260. The van der Waals surface area contributed by atoms with Crippen molar-refractivity contribution in [3.8, 4) is 11.6 Å². The number of methoxy groups -OCH3 is 1. The van der Waals surface area contributed by atoms with Gasteiger partial charge in [0.15, 0.2) is 5.82 Å². The normalized spacial score (nSPS) is 14.9. The number of aromatic nitrogens is 4. The summed E-state index contributed by atoms with van der Waals surface area (Å²) in [6.45, 7) is 9.12. The number of ether oxygens (including phenoxy) is 1. The fraction of sp³-hybridized carbons (Fsp3) is 0.409. The van der Waals surface area contributed by atoms with Crippen LogP contribution in [0.1, 0.15) is 17.0 Å². The molecular formula is C22H28N6O. The molecule has 3 heterocycles. The third-order valence-corrected chi connectivity index (χ3v) is 5.44. The number of piperazine rings is 1. The van der Waals surface area contributed by atoms with Crippen molar-refractivity contribution in [3.63, 3.8) is 0 Å². The minimum atomic E-state index is 0.822. The first-order valence-corrected chi connectivity index (χ1v) is 10.1. The van der Waals surface area contributed by atoms with Gasteiger partial charge in [-0.15, -0.1) is 0 Å². The lowest BCUT2D eigenvalue weighted by Crippen LogP contribution is -2.47. The van der Waals surface area contributed by atoms with E-state index in [1.54, 1.807) is 13.4 Å². The second kappa shape index (κ2) is 8.61. The van der Waals surface area contributed by atoms with Gasteiger partial charge in [-0.25, -0.2) is 14.6 Å². The van der Waals surface area contributed by atoms with Gasteiger partial charge in [-0.2, -0.15) is 5.10 Å². The molecule has 7 heteroatoms. The zero-order valence-electron chi connectivity index (χ0n) is 17.4. The maximum absolute atomic E-state index is 5.23. The lowest BCUT2D eigenvalue weighted by Gasteiger charge is -2.35. The Kier molecular flexibility index (Phi) is 5.76. The van der Waals surface area contributed by atoms with Crippen molar-refractivity contribution in [2.45, 2.75) is 20.3 Å². The van der Waals surface area contributed by atoms with Gasteiger partial charge in [0.1, 0.15) is 17.9 Å². The van der Waals surface area contributed by atoms with E-state index in [1.165, 1.54) is 5.56 Å². The van der Waals surface area contributed by atoms with Crippen LogP contribution in [-0.2, 0) is 6.42 Å². The number of anilines is 1. The SMILES string of the molecule is COc1ccc(CCN2CCN(c3cc(-n4nc(C)cc4C)ncn3)CC2)cc1. The van der Waals surface area contributed by atoms with Crippen molar-refractivity contribution in [2.24, 2.45) is 0 Å². The summed E-state index contributed by atoms with van der Waals surface area (Å²) in [6.07, 6.45) is 2.69. The molecule has 0 saturated carbocycles. The summed E-state index contributed by atoms with van der Waals surface area (Å²) in [5, 5.41) is 4.53. The second-order valence-electron chi connectivity index (χ2n) is 7.50. The second-order valence-corrected chi connectivity index (χ2v) is 7.50. The highest BCUT2D eigenvalue weighted by molar-refractivity contribution is 5.44. The third-order valence-electron chi connectivity index (χ3n) is 5.44. The summed E-state index contributed by atoms with van der Waals surface area (Å²) >= 11 is 0. The molecule has 0 N–H and O–H groups in total. The molecule has 1 saturated heterocycles. The minimum Gasteiger partial charge on any atom is -0.497 e. The van der Waals surface area contributed by atoms with Crippen LogP contribution in [0.15, 0.2) is 42.7 Å². The van der Waals surface area contributed by atoms with Gasteiger partial charge in [0.25, 0.3) is 0 Å². The van der Waals surface area contributed by atoms with Crippen molar-refractivity contribution in [3.05, 3.63) is 59.7 Å². The maximum Gasteiger partial charge on any atom is 0.159 e. The largest absolute Gasteiger partial charge is 0.497 e. The Balaban J connectivity index is 1.33. The Labute approximate surface area is 172 Å². The van der Waals surface area contributed by atoms with Gasteiger partial charge in [0, 0.05) is 44.5 Å². The Morgan fingerprint density at radius 1 is 0.931 bits per heavy atom. The molecule has 4 rings (SSSR count). The van der Waals surface area contributed by atoms with E-state index in [0.717, 1.165) is 67.9 Å². The quantitative estimate of drug-likeness (QED) is 0.643. The molecule has 3 aromatic rings. The summed E-state index contributed by atoms with van der Waals surface area (Å²) in [4.78, 5) is 13.8. The van der Waals surface area contributed by atoms with Crippen LogP contribution < -0.4 is 9.64 Å². The van der Waals surface area contributed by atoms with E-state index in [-0.39, 0.29) is 0 Å². The summed E-state index contributed by atoms with van der Waals surface area (Å²) in [5.41, 5.74) is 3.42. The number of hydrogen-bond acceptors (Lipinski definition) is 6. The molecule has 7 nitrogen and oxygen atoms in total. The first-order valence-electron chi connectivity index (χ1n) is 10.1. The molecule has 2 aromatic heterocycles. The topological polar surface area (TPSA) is 59.3 Å². The molecule has 0 spiro atoms. The molecule has 0 aliphatic carbocycles. The van der Waals surface area contributed by atoms with E-state index >= 15 is 0 Å². The van der Waals surface area contributed by atoms with Crippen molar-refractivity contribution in [2.75, 3.05) is 44.7 Å². The fourth-order valence-electron chi connectivity index (χ4n) is 3.77. The van der Waals surface area contributed by atoms with E-state index in [1.807, 2.05) is 36.7 Å². The predicted octanol–water partition coefficient (Wildman–Crippen LogP) is 2.65. The highest BCUT2D eigenvalue weighted by Gasteiger charge is 2.19. The zero-order valence-corrected chi connectivity index (χ0v) is 17.4. The van der Waals surface area contributed by atoms with E-state index in [2.05, 4.69) is 43.1 Å². The van der Waals surface area contributed by atoms with Crippen LogP contribution in [0.4, 0.5) is 5.82 Å². The Morgan fingerprint density at radius 3 is 2.31 bits per heavy atom. The molecule has 152 valence electrons. The number of aryl methyl sites for hydroxylation is 2. The zero-order chi connectivity index (χ0) is 20.2. The average molecular weight is 393 g/mol. The Morgan fingerprint density at radius 2 is 1.66 bits per heavy atom. The third kappa shape index (κ3) is 4.56. The summed E-state index contributed by atoms with van der Waals surface area (Å²) in [5.74, 6) is 2.70. The Hall–Kier alpha value is -2.93. The van der Waals surface area contributed by atoms with Crippen molar-refractivity contribution < 1.29 is 4.74 Å². The van der Waals surface area contributed by atoms with Crippen LogP contribution in [0.3, 0.4) is 0 Å². The van der Waals surface area contributed by atoms with Crippen LogP contribution in [0, 0.1) is 13.8 Å². The molecule has 1 aliphatic rings. The van der Waals surface area contributed by atoms with Crippen LogP contribution in [0.5, 0.6) is 5.75 Å². The minimum absolute atomic E-state index is 0.822. The van der Waals surface area contributed by atoms with Gasteiger partial charge >= 0.3 is 0 Å². The summed E-state index contributed by atoms with van der Waals surface area (Å²) in [7, 11) is 1.70. The van der Waals surface area contributed by atoms with Crippen LogP contribution >= 0.6 is 0 Å². The number of benzene rings is 1. The molecular weight excluding hydrogens is 364 g/mol. The number of rotatable bonds is 6. The molecule has 1 fully saturated rings. The molecule has 0 bridgehead atoms. The standard InChI is InChI=1S/C22H28N6O/c1-17-14-18(2)28(25-17)22-15-21(23-16-24-22)27-12-10-26(11-13-27)9-8-19-4-6-20(29-3)7-5-19/h4-7,14-16H,8-13H2,1-3H3. The number of hydrogen-bond donors (Lipinski definition) is 0. The summed E-state index contributed by atoms with van der Waals surface area (Å²) in [6, 6.07) is 12.5. The van der Waals surface area contributed by atoms with Gasteiger partial charge < -0.3 is 9.64 Å². The molecule has 0 atom stereocenters. The monoisotopic (exact) mass is 392 g/mol. The first-order chi connectivity index (χ1) is 14.1. The summed E-state index contributed by atoms with van der Waals surface area (Å²) < 4.78 is 7.11. The van der Waals surface area contributed by atoms with E-state index in [0.29, 0.717) is 0 Å². The maximum atomic E-state index is 5.23. The molecule has 0 amide bonds. The van der Waals surface area contributed by atoms with Crippen LogP contribution in [0.2, 0.25) is 0 Å². The van der Waals surface area contributed by atoms with E-state index in [9.17, 15) is 0 Å². The highest BCUT2D eigenvalue weighted by Crippen LogP contribution is 2.18. The van der Waals surface area contributed by atoms with Crippen molar-refractivity contribution >= 4 is 5.82 Å². The smallest absolute Gasteiger partial charge is 0.159 e. The van der Waals surface area contributed by atoms with Crippen LogP contribution in [-0.4, -0.2) is 64.5 Å². The van der Waals surface area contributed by atoms with Gasteiger partial charge in [0.05, 0.1) is 12.8 Å². The number of nitrogens with zero attached hydrogens (tertiary/aromatic N) is 6. The van der Waals surface area contributed by atoms with E-state index < -0.39 is 0 Å². The first kappa shape index (κ1) is 19.4. The van der Waals surface area contributed by atoms with Crippen molar-refractivity contribution in [1.29, 1.82) is 0 Å². The molecule has 1 aliphatic heterocycles. The van der Waals surface area contributed by atoms with Gasteiger partial charge in [0.2, 0.25) is 0 Å². The van der Waals surface area contributed by atoms with E-state index in [4.69, 9.17) is 4.74 Å². The lowest BCUT2D eigenvalue weighted by atomic mass is 10.1. The molecule has 0 unspecified atom stereocenters. The van der Waals surface area contributed by atoms with Gasteiger partial charge in [-0.3, -0.25) is 4.90 Å². The van der Waals surface area contributed by atoms with Gasteiger partial charge in [-0.1, -0.05) is 12.1 Å². The highest BCUT2D eigenvalue weighted by atomic mass is 16.5. The molecule has 0 radical (unpaired) electrons. The fourth-order valence-corrected chi connectivity index (χ4v) is 3.77. The molecule has 29 heavy (non-hydrogen) atoms. The van der Waals surface area contributed by atoms with Crippen LogP contribution in [0.25, 0.3) is 5.82 Å². The Bertz CT molecular complexity index is 944.